The number of piperidine rings is 1. The number of nitrogens with zero attached hydrogens (tertiary/aromatic N) is 2. The van der Waals surface area contributed by atoms with Crippen molar-refractivity contribution in [3.8, 4) is 10.6 Å². The van der Waals surface area contributed by atoms with Crippen LogP contribution in [-0.2, 0) is 13.0 Å². The van der Waals surface area contributed by atoms with Gasteiger partial charge in [0.25, 0.3) is 0 Å². The SMILES string of the molecule is OC[C@]1(Cc2ccc(F)cc2F)CCCN(Cc2cnc(-c3ccccc3)s2)C1. The van der Waals surface area contributed by atoms with Crippen LogP contribution in [0.1, 0.15) is 23.3 Å². The Hall–Kier alpha value is -2.15. The molecule has 29 heavy (non-hydrogen) atoms. The van der Waals surface area contributed by atoms with Gasteiger partial charge in [0.1, 0.15) is 16.6 Å². The van der Waals surface area contributed by atoms with E-state index in [0.717, 1.165) is 42.6 Å². The third-order valence-electron chi connectivity index (χ3n) is 5.61. The lowest BCUT2D eigenvalue weighted by Gasteiger charge is -2.42. The molecule has 1 saturated heterocycles. The van der Waals surface area contributed by atoms with Crippen molar-refractivity contribution in [1.82, 2.24) is 9.88 Å². The number of thiazole rings is 1. The summed E-state index contributed by atoms with van der Waals surface area (Å²) in [6, 6.07) is 13.8. The second-order valence-corrected chi connectivity index (χ2v) is 9.00. The Labute approximate surface area is 173 Å². The highest BCUT2D eigenvalue weighted by molar-refractivity contribution is 7.15. The number of hydrogen-bond donors (Lipinski definition) is 1. The van der Waals surface area contributed by atoms with Gasteiger partial charge in [0.15, 0.2) is 0 Å². The summed E-state index contributed by atoms with van der Waals surface area (Å²) in [5.41, 5.74) is 1.16. The molecule has 2 aromatic carbocycles. The molecular formula is C23H24F2N2OS. The number of likely N-dealkylation sites (tertiary alicyclic amines) is 1. The third-order valence-corrected chi connectivity index (χ3v) is 6.64. The first-order valence-electron chi connectivity index (χ1n) is 9.84. The van der Waals surface area contributed by atoms with Crippen molar-refractivity contribution in [2.24, 2.45) is 5.41 Å². The van der Waals surface area contributed by atoms with E-state index in [1.165, 1.54) is 17.0 Å². The second-order valence-electron chi connectivity index (χ2n) is 7.88. The zero-order chi connectivity index (χ0) is 20.3. The van der Waals surface area contributed by atoms with Crippen molar-refractivity contribution in [2.75, 3.05) is 19.7 Å². The Morgan fingerprint density at radius 2 is 1.97 bits per heavy atom. The van der Waals surface area contributed by atoms with Crippen LogP contribution in [0, 0.1) is 17.0 Å². The summed E-state index contributed by atoms with van der Waals surface area (Å²) in [7, 11) is 0. The number of aromatic nitrogens is 1. The largest absolute Gasteiger partial charge is 0.396 e. The van der Waals surface area contributed by atoms with Crippen molar-refractivity contribution in [1.29, 1.82) is 0 Å². The van der Waals surface area contributed by atoms with Gasteiger partial charge in [0.05, 0.1) is 6.61 Å². The van der Waals surface area contributed by atoms with Crippen molar-refractivity contribution in [2.45, 2.75) is 25.8 Å². The average molecular weight is 415 g/mol. The molecule has 0 radical (unpaired) electrons. The van der Waals surface area contributed by atoms with Gasteiger partial charge in [-0.1, -0.05) is 36.4 Å². The minimum Gasteiger partial charge on any atom is -0.396 e. The Morgan fingerprint density at radius 1 is 1.14 bits per heavy atom. The lowest BCUT2D eigenvalue weighted by atomic mass is 9.75. The van der Waals surface area contributed by atoms with E-state index in [9.17, 15) is 13.9 Å². The highest BCUT2D eigenvalue weighted by Crippen LogP contribution is 2.35. The highest BCUT2D eigenvalue weighted by atomic mass is 32.1. The fourth-order valence-electron chi connectivity index (χ4n) is 4.16. The molecule has 1 fully saturated rings. The lowest BCUT2D eigenvalue weighted by Crippen LogP contribution is -2.46. The van der Waals surface area contributed by atoms with Crippen LogP contribution in [0.3, 0.4) is 0 Å². The summed E-state index contributed by atoms with van der Waals surface area (Å²) >= 11 is 1.68. The van der Waals surface area contributed by atoms with Crippen LogP contribution in [0.4, 0.5) is 8.78 Å². The van der Waals surface area contributed by atoms with Gasteiger partial charge in [-0.05, 0) is 37.4 Å². The van der Waals surface area contributed by atoms with Gasteiger partial charge in [-0.2, -0.15) is 0 Å². The summed E-state index contributed by atoms with van der Waals surface area (Å²) in [4.78, 5) is 8.03. The molecule has 4 rings (SSSR count). The number of rotatable bonds is 6. The average Bonchev–Trinajstić information content (AvgIpc) is 3.20. The zero-order valence-electron chi connectivity index (χ0n) is 16.2. The Kier molecular flexibility index (Phi) is 6.04. The molecule has 0 bridgehead atoms. The van der Waals surface area contributed by atoms with Crippen molar-refractivity contribution in [3.63, 3.8) is 0 Å². The first kappa shape index (κ1) is 20.1. The number of benzene rings is 2. The van der Waals surface area contributed by atoms with E-state index in [1.807, 2.05) is 24.4 Å². The molecule has 3 aromatic rings. The smallest absolute Gasteiger partial charge is 0.129 e. The fourth-order valence-corrected chi connectivity index (χ4v) is 5.12. The minimum atomic E-state index is -0.575. The molecule has 6 heteroatoms. The number of halogens is 2. The van der Waals surface area contributed by atoms with Crippen molar-refractivity contribution < 1.29 is 13.9 Å². The molecule has 0 saturated carbocycles. The van der Waals surface area contributed by atoms with Crippen LogP contribution in [-0.4, -0.2) is 34.7 Å². The Morgan fingerprint density at radius 3 is 2.72 bits per heavy atom. The van der Waals surface area contributed by atoms with Gasteiger partial charge in [-0.3, -0.25) is 4.90 Å². The molecule has 1 N–H and O–H groups in total. The van der Waals surface area contributed by atoms with Crippen molar-refractivity contribution in [3.05, 3.63) is 76.8 Å². The molecule has 0 amide bonds. The third kappa shape index (κ3) is 4.71. The van der Waals surface area contributed by atoms with Crippen LogP contribution < -0.4 is 0 Å². The maximum atomic E-state index is 14.2. The van der Waals surface area contributed by atoms with Crippen LogP contribution in [0.25, 0.3) is 10.6 Å². The van der Waals surface area contributed by atoms with E-state index in [1.54, 1.807) is 11.3 Å². The standard InChI is InChI=1S/C23H24F2N2OS/c24-19-8-7-18(21(25)11-19)12-23(16-28)9-4-10-27(15-23)14-20-13-26-22(29-20)17-5-2-1-3-6-17/h1-3,5-8,11,13,28H,4,9-10,12,14-16H2/t23-/m0/s1. The molecule has 0 spiro atoms. The van der Waals surface area contributed by atoms with Crippen LogP contribution >= 0.6 is 11.3 Å². The lowest BCUT2D eigenvalue weighted by molar-refractivity contribution is 0.0287. The normalized spacial score (nSPS) is 20.1. The van der Waals surface area contributed by atoms with Gasteiger partial charge in [0, 0.05) is 41.2 Å². The fraction of sp³-hybridized carbons (Fsp3) is 0.348. The van der Waals surface area contributed by atoms with Crippen LogP contribution in [0.5, 0.6) is 0 Å². The van der Waals surface area contributed by atoms with E-state index < -0.39 is 17.0 Å². The first-order valence-corrected chi connectivity index (χ1v) is 10.7. The molecule has 3 nitrogen and oxygen atoms in total. The molecule has 1 aliphatic heterocycles. The minimum absolute atomic E-state index is 0.0156. The Balaban J connectivity index is 1.46. The second kappa shape index (κ2) is 8.69. The number of aliphatic hydroxyl groups excluding tert-OH is 1. The number of aliphatic hydroxyl groups is 1. The van der Waals surface area contributed by atoms with Crippen molar-refractivity contribution >= 4 is 11.3 Å². The molecule has 1 aliphatic rings. The topological polar surface area (TPSA) is 36.4 Å². The van der Waals surface area contributed by atoms with E-state index >= 15 is 0 Å². The highest BCUT2D eigenvalue weighted by Gasteiger charge is 2.36. The summed E-state index contributed by atoms with van der Waals surface area (Å²) < 4.78 is 27.4. The summed E-state index contributed by atoms with van der Waals surface area (Å²) in [5.74, 6) is -1.11. The van der Waals surface area contributed by atoms with E-state index in [0.29, 0.717) is 18.5 Å². The van der Waals surface area contributed by atoms with Crippen LogP contribution in [0.15, 0.2) is 54.7 Å². The summed E-state index contributed by atoms with van der Waals surface area (Å²) in [6.45, 7) is 2.36. The predicted octanol–water partition coefficient (Wildman–Crippen LogP) is 4.91. The Bertz CT molecular complexity index is 963. The van der Waals surface area contributed by atoms with Gasteiger partial charge in [-0.15, -0.1) is 11.3 Å². The van der Waals surface area contributed by atoms with Gasteiger partial charge < -0.3 is 5.11 Å². The molecule has 152 valence electrons. The summed E-state index contributed by atoms with van der Waals surface area (Å²) in [6.07, 6.45) is 4.09. The first-order chi connectivity index (χ1) is 14.1. The predicted molar refractivity (Wildman–Crippen MR) is 112 cm³/mol. The molecule has 1 atom stereocenters. The maximum absolute atomic E-state index is 14.2. The van der Waals surface area contributed by atoms with E-state index in [-0.39, 0.29) is 6.61 Å². The monoisotopic (exact) mass is 414 g/mol. The molecular weight excluding hydrogens is 390 g/mol. The molecule has 0 aliphatic carbocycles. The zero-order valence-corrected chi connectivity index (χ0v) is 17.0. The molecule has 0 unspecified atom stereocenters. The summed E-state index contributed by atoms with van der Waals surface area (Å²) in [5, 5.41) is 11.2. The van der Waals surface area contributed by atoms with E-state index in [4.69, 9.17) is 0 Å². The molecule has 2 heterocycles. The van der Waals surface area contributed by atoms with Gasteiger partial charge in [0.2, 0.25) is 0 Å². The quantitative estimate of drug-likeness (QED) is 0.623. The van der Waals surface area contributed by atoms with Gasteiger partial charge in [-0.25, -0.2) is 13.8 Å². The maximum Gasteiger partial charge on any atom is 0.129 e. The van der Waals surface area contributed by atoms with E-state index in [2.05, 4.69) is 22.0 Å². The van der Waals surface area contributed by atoms with Crippen LogP contribution in [0.2, 0.25) is 0 Å². The number of hydrogen-bond acceptors (Lipinski definition) is 4. The van der Waals surface area contributed by atoms with Gasteiger partial charge >= 0.3 is 0 Å². The molecule has 1 aromatic heterocycles.